The topological polar surface area (TPSA) is 73.9 Å². The van der Waals surface area contributed by atoms with Gasteiger partial charge in [-0.1, -0.05) is 13.0 Å². The molecular formula is C18H27NO5. The number of benzene rings is 1. The van der Waals surface area contributed by atoms with Gasteiger partial charge >= 0.3 is 5.97 Å². The molecule has 0 aliphatic heterocycles. The molecule has 0 aliphatic rings. The van der Waals surface area contributed by atoms with Gasteiger partial charge in [0.05, 0.1) is 32.3 Å². The van der Waals surface area contributed by atoms with E-state index in [1.807, 2.05) is 39.0 Å². The summed E-state index contributed by atoms with van der Waals surface area (Å²) in [5.41, 5.74) is 0.904. The lowest BCUT2D eigenvalue weighted by Gasteiger charge is -2.18. The van der Waals surface area contributed by atoms with E-state index < -0.39 is 11.9 Å². The zero-order valence-corrected chi connectivity index (χ0v) is 15.0. The van der Waals surface area contributed by atoms with Crippen LogP contribution in [-0.4, -0.2) is 32.2 Å². The van der Waals surface area contributed by atoms with Crippen molar-refractivity contribution in [1.29, 1.82) is 0 Å². The molecule has 0 heterocycles. The van der Waals surface area contributed by atoms with Crippen molar-refractivity contribution in [2.24, 2.45) is 5.92 Å². The highest BCUT2D eigenvalue weighted by Crippen LogP contribution is 2.30. The summed E-state index contributed by atoms with van der Waals surface area (Å²) in [7, 11) is 1.31. The van der Waals surface area contributed by atoms with E-state index >= 15 is 0 Å². The molecule has 0 bridgehead atoms. The lowest BCUT2D eigenvalue weighted by molar-refractivity contribution is -0.146. The lowest BCUT2D eigenvalue weighted by atomic mass is 10.1. The molecule has 0 aliphatic carbocycles. The third kappa shape index (κ3) is 5.76. The van der Waals surface area contributed by atoms with Gasteiger partial charge in [0.15, 0.2) is 11.5 Å². The summed E-state index contributed by atoms with van der Waals surface area (Å²) in [6.07, 6.45) is 0.0896. The summed E-state index contributed by atoms with van der Waals surface area (Å²) < 4.78 is 15.8. The van der Waals surface area contributed by atoms with Crippen LogP contribution in [0.2, 0.25) is 0 Å². The Labute approximate surface area is 143 Å². The first kappa shape index (κ1) is 19.8. The molecule has 0 saturated heterocycles. The maximum absolute atomic E-state index is 12.1. The van der Waals surface area contributed by atoms with Crippen LogP contribution in [0.15, 0.2) is 18.2 Å². The van der Waals surface area contributed by atoms with Crippen molar-refractivity contribution in [2.75, 3.05) is 20.3 Å². The quantitative estimate of drug-likeness (QED) is 0.701. The average Bonchev–Trinajstić information content (AvgIpc) is 2.55. The van der Waals surface area contributed by atoms with Gasteiger partial charge in [0.25, 0.3) is 0 Å². The molecule has 1 rings (SSSR count). The Morgan fingerprint density at radius 1 is 1.08 bits per heavy atom. The molecule has 1 amide bonds. The van der Waals surface area contributed by atoms with Gasteiger partial charge in [-0.05, 0) is 38.5 Å². The van der Waals surface area contributed by atoms with Crippen molar-refractivity contribution >= 4 is 11.9 Å². The first-order valence-electron chi connectivity index (χ1n) is 8.19. The van der Waals surface area contributed by atoms with Gasteiger partial charge in [-0.3, -0.25) is 9.59 Å². The largest absolute Gasteiger partial charge is 0.490 e. The predicted octanol–water partition coefficient (Wildman–Crippen LogP) is 2.86. The van der Waals surface area contributed by atoms with E-state index in [1.54, 1.807) is 6.92 Å². The number of amides is 1. The Hall–Kier alpha value is -2.24. The smallest absolute Gasteiger partial charge is 0.308 e. The number of esters is 1. The van der Waals surface area contributed by atoms with Gasteiger partial charge in [0, 0.05) is 6.42 Å². The second-order valence-electron chi connectivity index (χ2n) is 5.49. The third-order valence-corrected chi connectivity index (χ3v) is 3.54. The number of ether oxygens (including phenoxy) is 3. The lowest BCUT2D eigenvalue weighted by Crippen LogP contribution is -2.30. The molecule has 6 heteroatoms. The second-order valence-corrected chi connectivity index (χ2v) is 5.49. The van der Waals surface area contributed by atoms with E-state index in [9.17, 15) is 9.59 Å². The number of methoxy groups -OCH3 is 1. The van der Waals surface area contributed by atoms with Gasteiger partial charge in [-0.2, -0.15) is 0 Å². The molecule has 24 heavy (non-hydrogen) atoms. The van der Waals surface area contributed by atoms with Gasteiger partial charge in [0.2, 0.25) is 5.91 Å². The Kier molecular flexibility index (Phi) is 8.09. The Bertz CT molecular complexity index is 558. The Balaban J connectivity index is 2.76. The minimum absolute atomic E-state index is 0.0896. The average molecular weight is 337 g/mol. The highest BCUT2D eigenvalue weighted by Gasteiger charge is 2.19. The molecule has 2 atom stereocenters. The number of hydrogen-bond acceptors (Lipinski definition) is 5. The van der Waals surface area contributed by atoms with Crippen molar-refractivity contribution in [3.05, 3.63) is 23.8 Å². The number of carbonyl (C=O) groups excluding carboxylic acids is 2. The van der Waals surface area contributed by atoms with Crippen molar-refractivity contribution in [3.63, 3.8) is 0 Å². The normalized spacial score (nSPS) is 12.9. The number of carbonyl (C=O) groups is 2. The monoisotopic (exact) mass is 337 g/mol. The van der Waals surface area contributed by atoms with E-state index in [1.165, 1.54) is 7.11 Å². The van der Waals surface area contributed by atoms with Crippen LogP contribution in [0.3, 0.4) is 0 Å². The summed E-state index contributed by atoms with van der Waals surface area (Å²) in [6.45, 7) is 8.45. The third-order valence-electron chi connectivity index (χ3n) is 3.54. The Morgan fingerprint density at radius 2 is 1.71 bits per heavy atom. The van der Waals surface area contributed by atoms with Crippen LogP contribution in [0.25, 0.3) is 0 Å². The molecule has 1 N–H and O–H groups in total. The summed E-state index contributed by atoms with van der Waals surface area (Å²) in [4.78, 5) is 23.4. The summed E-state index contributed by atoms with van der Waals surface area (Å²) in [6, 6.07) is 5.38. The van der Waals surface area contributed by atoms with E-state index in [0.717, 1.165) is 5.56 Å². The van der Waals surface area contributed by atoms with Crippen LogP contribution in [0, 0.1) is 5.92 Å². The summed E-state index contributed by atoms with van der Waals surface area (Å²) in [5.74, 6) is 0.271. The van der Waals surface area contributed by atoms with Crippen LogP contribution in [-0.2, 0) is 14.3 Å². The van der Waals surface area contributed by atoms with Gasteiger partial charge in [0.1, 0.15) is 0 Å². The number of nitrogens with one attached hydrogen (secondary N) is 1. The predicted molar refractivity (Wildman–Crippen MR) is 91.1 cm³/mol. The number of rotatable bonds is 9. The van der Waals surface area contributed by atoms with Crippen LogP contribution in [0.5, 0.6) is 11.5 Å². The molecular weight excluding hydrogens is 310 g/mol. The molecule has 6 nitrogen and oxygen atoms in total. The maximum Gasteiger partial charge on any atom is 0.308 e. The van der Waals surface area contributed by atoms with E-state index in [2.05, 4.69) is 10.1 Å². The van der Waals surface area contributed by atoms with Crippen molar-refractivity contribution in [2.45, 2.75) is 40.2 Å². The standard InChI is InChI=1S/C18H27NO5/c1-6-23-15-9-8-14(11-16(15)24-7-2)13(4)19-17(20)10-12(3)18(21)22-5/h8-9,11-13H,6-7,10H2,1-5H3,(H,19,20)/t12-,13+/m1/s1. The van der Waals surface area contributed by atoms with Crippen LogP contribution < -0.4 is 14.8 Å². The summed E-state index contributed by atoms with van der Waals surface area (Å²) >= 11 is 0. The molecule has 0 spiro atoms. The Morgan fingerprint density at radius 3 is 2.29 bits per heavy atom. The fraction of sp³-hybridized carbons (Fsp3) is 0.556. The van der Waals surface area contributed by atoms with Crippen molar-refractivity contribution in [1.82, 2.24) is 5.32 Å². The minimum Gasteiger partial charge on any atom is -0.490 e. The highest BCUT2D eigenvalue weighted by molar-refractivity contribution is 5.83. The zero-order valence-electron chi connectivity index (χ0n) is 15.0. The molecule has 0 fully saturated rings. The zero-order chi connectivity index (χ0) is 18.1. The van der Waals surface area contributed by atoms with Crippen molar-refractivity contribution < 1.29 is 23.8 Å². The van der Waals surface area contributed by atoms with Crippen LogP contribution >= 0.6 is 0 Å². The van der Waals surface area contributed by atoms with E-state index in [4.69, 9.17) is 9.47 Å². The molecule has 0 saturated carbocycles. The van der Waals surface area contributed by atoms with Gasteiger partial charge < -0.3 is 19.5 Å². The van der Waals surface area contributed by atoms with Crippen LogP contribution in [0.4, 0.5) is 0 Å². The number of hydrogen-bond donors (Lipinski definition) is 1. The van der Waals surface area contributed by atoms with Crippen LogP contribution in [0.1, 0.15) is 45.7 Å². The first-order chi connectivity index (χ1) is 11.4. The maximum atomic E-state index is 12.1. The molecule has 1 aromatic rings. The SMILES string of the molecule is CCOc1ccc([C@H](C)NC(=O)C[C@@H](C)C(=O)OC)cc1OCC. The molecule has 0 radical (unpaired) electrons. The second kappa shape index (κ2) is 9.80. The first-order valence-corrected chi connectivity index (χ1v) is 8.19. The molecule has 1 aromatic carbocycles. The molecule has 134 valence electrons. The molecule has 0 aromatic heterocycles. The highest BCUT2D eigenvalue weighted by atomic mass is 16.5. The van der Waals surface area contributed by atoms with Gasteiger partial charge in [-0.25, -0.2) is 0 Å². The van der Waals surface area contributed by atoms with E-state index in [-0.39, 0.29) is 18.4 Å². The van der Waals surface area contributed by atoms with Gasteiger partial charge in [-0.15, -0.1) is 0 Å². The van der Waals surface area contributed by atoms with Crippen molar-refractivity contribution in [3.8, 4) is 11.5 Å². The fourth-order valence-electron chi connectivity index (χ4n) is 2.28. The summed E-state index contributed by atoms with van der Waals surface area (Å²) in [5, 5.41) is 2.88. The molecule has 0 unspecified atom stereocenters. The fourth-order valence-corrected chi connectivity index (χ4v) is 2.28. The van der Waals surface area contributed by atoms with E-state index in [0.29, 0.717) is 24.7 Å². The minimum atomic E-state index is -0.471.